The van der Waals surface area contributed by atoms with Gasteiger partial charge in [-0.2, -0.15) is 0 Å². The normalized spacial score (nSPS) is 13.2. The molecule has 2 aromatic heterocycles. The third kappa shape index (κ3) is 6.61. The molecule has 11 aromatic rings. The second-order valence-corrected chi connectivity index (χ2v) is 17.1. The molecule has 0 aliphatic carbocycles. The zero-order valence-corrected chi connectivity index (χ0v) is 36.3. The van der Waals surface area contributed by atoms with Gasteiger partial charge in [0.1, 0.15) is 17.3 Å². The molecule has 0 fully saturated rings. The number of phenolic OH excluding ortho intramolecular Hbond substituents is 2. The number of fused-ring (bicyclic) bond motifs is 6. The highest BCUT2D eigenvalue weighted by Gasteiger charge is 2.27. The van der Waals surface area contributed by atoms with Crippen molar-refractivity contribution in [3.63, 3.8) is 0 Å². The Labute approximate surface area is 382 Å². The Bertz CT molecular complexity index is 3460. The quantitative estimate of drug-likeness (QED) is 0.168. The minimum atomic E-state index is -0.0252. The molecule has 9 aromatic carbocycles. The summed E-state index contributed by atoms with van der Waals surface area (Å²) < 4.78 is 4.74. The molecule has 66 heavy (non-hydrogen) atoms. The first-order valence-corrected chi connectivity index (χ1v) is 22.4. The third-order valence-electron chi connectivity index (χ3n) is 13.0. The van der Waals surface area contributed by atoms with Crippen LogP contribution in [0.4, 0.5) is 5.69 Å². The van der Waals surface area contributed by atoms with Gasteiger partial charge in [-0.15, -0.1) is 0 Å². The van der Waals surface area contributed by atoms with Crippen LogP contribution in [0.2, 0.25) is 0 Å². The number of aromatic hydroxyl groups is 2. The van der Waals surface area contributed by atoms with Crippen molar-refractivity contribution in [1.29, 1.82) is 0 Å². The number of hydrogen-bond donors (Lipinski definition) is 2. The summed E-state index contributed by atoms with van der Waals surface area (Å²) in [5, 5.41) is 26.4. The first-order chi connectivity index (χ1) is 32.5. The molecule has 0 saturated carbocycles. The van der Waals surface area contributed by atoms with Crippen LogP contribution in [0.15, 0.2) is 223 Å². The molecule has 0 radical (unpaired) electrons. The zero-order chi connectivity index (χ0) is 44.3. The Morgan fingerprint density at radius 1 is 0.379 bits per heavy atom. The number of phenols is 2. The van der Waals surface area contributed by atoms with E-state index in [1.165, 1.54) is 33.2 Å². The number of hydrogen-bond acceptors (Lipinski definition) is 4. The fourth-order valence-corrected chi connectivity index (χ4v) is 10.1. The summed E-state index contributed by atoms with van der Waals surface area (Å²) in [6, 6.07) is 74.2. The molecule has 0 amide bonds. The van der Waals surface area contributed by atoms with Gasteiger partial charge in [0, 0.05) is 56.8 Å². The van der Waals surface area contributed by atoms with Crippen molar-refractivity contribution in [2.45, 2.75) is 13.3 Å². The summed E-state index contributed by atoms with van der Waals surface area (Å²) in [7, 11) is 0. The van der Waals surface area contributed by atoms with Crippen molar-refractivity contribution in [2.24, 2.45) is 4.99 Å². The van der Waals surface area contributed by atoms with Crippen molar-refractivity contribution >= 4 is 60.8 Å². The van der Waals surface area contributed by atoms with Gasteiger partial charge in [0.25, 0.3) is 0 Å². The van der Waals surface area contributed by atoms with Crippen molar-refractivity contribution in [2.75, 3.05) is 11.4 Å². The zero-order valence-electron chi connectivity index (χ0n) is 36.3. The average Bonchev–Trinajstić information content (AvgIpc) is 3.81. The number of anilines is 1. The highest BCUT2D eigenvalue weighted by Crippen LogP contribution is 2.41. The SMILES string of the molecule is CC1=C(c2cc(-c3cccc(-n4c5ccccc5c5ccccc54)c3)cc(-c3cccc(-n4c5ccccc5c5ccccc54)c3)c2)N(c2ccccc2)C(c2cc(O)cc(O)c2)=NCC1. The van der Waals surface area contributed by atoms with E-state index >= 15 is 0 Å². The van der Waals surface area contributed by atoms with E-state index in [0.717, 1.165) is 79.1 Å². The number of aliphatic imine (C=N–C) groups is 1. The summed E-state index contributed by atoms with van der Waals surface area (Å²) in [4.78, 5) is 7.37. The predicted octanol–water partition coefficient (Wildman–Crippen LogP) is 14.7. The fraction of sp³-hybridized carbons (Fsp3) is 0.0500. The van der Waals surface area contributed by atoms with Crippen LogP contribution < -0.4 is 4.90 Å². The molecule has 6 heteroatoms. The van der Waals surface area contributed by atoms with Crippen LogP contribution in [0.3, 0.4) is 0 Å². The second-order valence-electron chi connectivity index (χ2n) is 17.1. The van der Waals surface area contributed by atoms with Crippen LogP contribution in [-0.2, 0) is 0 Å². The van der Waals surface area contributed by atoms with Crippen molar-refractivity contribution in [3.05, 3.63) is 229 Å². The number of benzene rings is 9. The van der Waals surface area contributed by atoms with E-state index in [9.17, 15) is 10.2 Å². The van der Waals surface area contributed by atoms with E-state index < -0.39 is 0 Å². The Morgan fingerprint density at radius 3 is 1.29 bits per heavy atom. The highest BCUT2D eigenvalue weighted by atomic mass is 16.3. The Kier molecular flexibility index (Phi) is 9.39. The summed E-state index contributed by atoms with van der Waals surface area (Å²) in [5.74, 6) is 0.596. The Hall–Kier alpha value is -8.61. The van der Waals surface area contributed by atoms with Crippen LogP contribution in [0.25, 0.3) is 82.9 Å². The van der Waals surface area contributed by atoms with Crippen LogP contribution in [0, 0.1) is 0 Å². The lowest BCUT2D eigenvalue weighted by Gasteiger charge is -2.30. The summed E-state index contributed by atoms with van der Waals surface area (Å²) in [5.41, 5.74) is 15.9. The van der Waals surface area contributed by atoms with Gasteiger partial charge in [0.2, 0.25) is 0 Å². The van der Waals surface area contributed by atoms with Crippen LogP contribution in [0.1, 0.15) is 24.5 Å². The lowest BCUT2D eigenvalue weighted by Crippen LogP contribution is -2.30. The van der Waals surface area contributed by atoms with Gasteiger partial charge in [0.15, 0.2) is 0 Å². The summed E-state index contributed by atoms with van der Waals surface area (Å²) in [6.45, 7) is 2.74. The minimum absolute atomic E-state index is 0.0252. The smallest absolute Gasteiger partial charge is 0.140 e. The molecule has 0 atom stereocenters. The van der Waals surface area contributed by atoms with E-state index in [0.29, 0.717) is 17.9 Å². The second kappa shape index (κ2) is 15.9. The molecule has 0 bridgehead atoms. The van der Waals surface area contributed by atoms with E-state index in [-0.39, 0.29) is 11.5 Å². The van der Waals surface area contributed by atoms with Gasteiger partial charge < -0.3 is 19.3 Å². The van der Waals surface area contributed by atoms with E-state index in [1.54, 1.807) is 12.1 Å². The van der Waals surface area contributed by atoms with Gasteiger partial charge >= 0.3 is 0 Å². The molecule has 316 valence electrons. The molecule has 1 aliphatic heterocycles. The summed E-state index contributed by atoms with van der Waals surface area (Å²) in [6.07, 6.45) is 0.721. The maximum atomic E-state index is 10.8. The first-order valence-electron chi connectivity index (χ1n) is 22.4. The number of aromatic nitrogens is 2. The molecular weight excluding hydrogens is 809 g/mol. The molecule has 2 N–H and O–H groups in total. The number of para-hydroxylation sites is 5. The van der Waals surface area contributed by atoms with Gasteiger partial charge in [-0.3, -0.25) is 9.89 Å². The Balaban J connectivity index is 1.09. The molecule has 3 heterocycles. The van der Waals surface area contributed by atoms with Gasteiger partial charge in [-0.1, -0.05) is 115 Å². The lowest BCUT2D eigenvalue weighted by molar-refractivity contribution is 0.450. The van der Waals surface area contributed by atoms with E-state index in [2.05, 4.69) is 197 Å². The van der Waals surface area contributed by atoms with Crippen LogP contribution >= 0.6 is 0 Å². The number of rotatable bonds is 7. The standard InChI is InChI=1S/C60H44N4O2/c1-39-29-30-61-60(45-36-49(65)38-50(66)37-45)64(46-17-3-2-4-18-46)59(39)44-32-42(40-15-13-19-47(34-40)62-55-25-9-5-21-51(55)52-22-6-10-26-56(52)62)31-43(33-44)41-16-14-20-48(35-41)63-57-27-11-7-23-53(57)54-24-8-12-28-58(54)63/h2-28,31-38,65-66H,29-30H2,1H3. The highest BCUT2D eigenvalue weighted by molar-refractivity contribution is 6.18. The largest absolute Gasteiger partial charge is 0.508 e. The maximum absolute atomic E-state index is 10.8. The van der Waals surface area contributed by atoms with Crippen LogP contribution in [0.5, 0.6) is 11.5 Å². The molecular formula is C60H44N4O2. The first kappa shape index (κ1) is 39.0. The van der Waals surface area contributed by atoms with Gasteiger partial charge in [-0.05, 0) is 138 Å². The van der Waals surface area contributed by atoms with E-state index in [4.69, 9.17) is 4.99 Å². The van der Waals surface area contributed by atoms with Crippen LogP contribution in [-0.4, -0.2) is 31.7 Å². The predicted molar refractivity (Wildman–Crippen MR) is 273 cm³/mol. The third-order valence-corrected chi connectivity index (χ3v) is 13.0. The van der Waals surface area contributed by atoms with E-state index in [1.807, 2.05) is 18.2 Å². The van der Waals surface area contributed by atoms with Gasteiger partial charge in [-0.25, -0.2) is 0 Å². The Morgan fingerprint density at radius 2 is 0.803 bits per heavy atom. The molecule has 0 unspecified atom stereocenters. The van der Waals surface area contributed by atoms with Crippen molar-refractivity contribution < 1.29 is 10.2 Å². The molecule has 0 saturated heterocycles. The maximum Gasteiger partial charge on any atom is 0.140 e. The topological polar surface area (TPSA) is 65.9 Å². The molecule has 1 aliphatic rings. The fourth-order valence-electron chi connectivity index (χ4n) is 10.1. The van der Waals surface area contributed by atoms with Gasteiger partial charge in [0.05, 0.1) is 27.8 Å². The summed E-state index contributed by atoms with van der Waals surface area (Å²) >= 11 is 0. The molecule has 6 nitrogen and oxygen atoms in total. The minimum Gasteiger partial charge on any atom is -0.508 e. The molecule has 0 spiro atoms. The lowest BCUT2D eigenvalue weighted by atomic mass is 9.92. The van der Waals surface area contributed by atoms with Crippen molar-refractivity contribution in [3.8, 4) is 45.1 Å². The average molecular weight is 853 g/mol. The molecule has 12 rings (SSSR count). The number of amidine groups is 1. The monoisotopic (exact) mass is 852 g/mol. The number of nitrogens with zero attached hydrogens (tertiary/aromatic N) is 4. The van der Waals surface area contributed by atoms with Crippen molar-refractivity contribution in [1.82, 2.24) is 9.13 Å².